The second-order valence-corrected chi connectivity index (χ2v) is 5.92. The Morgan fingerprint density at radius 3 is 2.83 bits per heavy atom. The van der Waals surface area contributed by atoms with E-state index in [-0.39, 0.29) is 17.8 Å². The van der Waals surface area contributed by atoms with Crippen LogP contribution in [0.4, 0.5) is 0 Å². The highest BCUT2D eigenvalue weighted by Gasteiger charge is 2.29. The largest absolute Gasteiger partial charge is 0.496 e. The number of rotatable bonds is 5. The molecular formula is C18H25NO4. The van der Waals surface area contributed by atoms with Crippen LogP contribution in [0.25, 0.3) is 0 Å². The van der Waals surface area contributed by atoms with Gasteiger partial charge in [0.15, 0.2) is 0 Å². The quantitative estimate of drug-likeness (QED) is 0.782. The standard InChI is InChI=1S/C18H25NO4/c1-4-23-18(21)14-6-5-9-19(12-14)17(20)11-15-10-13(2)7-8-16(15)22-3/h7-8,10,14H,4-6,9,11-12H2,1-3H3/t14-/m1/s1. The average molecular weight is 319 g/mol. The number of ether oxygens (including phenoxy) is 2. The van der Waals surface area contributed by atoms with Gasteiger partial charge in [-0.2, -0.15) is 0 Å². The van der Waals surface area contributed by atoms with E-state index in [4.69, 9.17) is 9.47 Å². The first-order valence-electron chi connectivity index (χ1n) is 8.13. The van der Waals surface area contributed by atoms with E-state index in [9.17, 15) is 9.59 Å². The third kappa shape index (κ3) is 4.47. The molecule has 1 aliphatic rings. The smallest absolute Gasteiger partial charge is 0.310 e. The van der Waals surface area contributed by atoms with E-state index in [0.717, 1.165) is 29.7 Å². The van der Waals surface area contributed by atoms with Crippen LogP contribution in [-0.4, -0.2) is 43.6 Å². The number of amides is 1. The molecule has 1 aliphatic heterocycles. The van der Waals surface area contributed by atoms with Crippen LogP contribution in [0.1, 0.15) is 30.9 Å². The zero-order valence-electron chi connectivity index (χ0n) is 14.1. The van der Waals surface area contributed by atoms with E-state index in [2.05, 4.69) is 0 Å². The molecule has 0 unspecified atom stereocenters. The number of nitrogens with zero attached hydrogens (tertiary/aromatic N) is 1. The number of methoxy groups -OCH3 is 1. The van der Waals surface area contributed by atoms with Crippen LogP contribution in [0.3, 0.4) is 0 Å². The molecule has 1 aromatic carbocycles. The maximum absolute atomic E-state index is 12.6. The Morgan fingerprint density at radius 2 is 2.13 bits per heavy atom. The minimum absolute atomic E-state index is 0.0305. The van der Waals surface area contributed by atoms with Crippen LogP contribution in [0, 0.1) is 12.8 Å². The van der Waals surface area contributed by atoms with Crippen molar-refractivity contribution in [1.82, 2.24) is 4.90 Å². The molecule has 5 nitrogen and oxygen atoms in total. The molecule has 0 radical (unpaired) electrons. The summed E-state index contributed by atoms with van der Waals surface area (Å²) in [6, 6.07) is 5.82. The highest BCUT2D eigenvalue weighted by atomic mass is 16.5. The fourth-order valence-corrected chi connectivity index (χ4v) is 2.98. The van der Waals surface area contributed by atoms with Gasteiger partial charge in [-0.05, 0) is 32.8 Å². The number of hydrogen-bond acceptors (Lipinski definition) is 4. The van der Waals surface area contributed by atoms with Gasteiger partial charge in [0, 0.05) is 18.7 Å². The van der Waals surface area contributed by atoms with Gasteiger partial charge in [-0.3, -0.25) is 9.59 Å². The third-order valence-electron chi connectivity index (χ3n) is 4.17. The molecule has 1 aromatic rings. The molecule has 0 spiro atoms. The second kappa shape index (κ2) is 7.99. The van der Waals surface area contributed by atoms with Crippen LogP contribution >= 0.6 is 0 Å². The molecule has 0 N–H and O–H groups in total. The van der Waals surface area contributed by atoms with Gasteiger partial charge in [-0.25, -0.2) is 0 Å². The molecule has 0 aromatic heterocycles. The van der Waals surface area contributed by atoms with Crippen molar-refractivity contribution in [3.63, 3.8) is 0 Å². The summed E-state index contributed by atoms with van der Waals surface area (Å²) in [7, 11) is 1.61. The Balaban J connectivity index is 2.03. The fourth-order valence-electron chi connectivity index (χ4n) is 2.98. The van der Waals surface area contributed by atoms with Crippen molar-refractivity contribution >= 4 is 11.9 Å². The molecule has 126 valence electrons. The SMILES string of the molecule is CCOC(=O)[C@@H]1CCCN(C(=O)Cc2cc(C)ccc2OC)C1. The summed E-state index contributed by atoms with van der Waals surface area (Å²) >= 11 is 0. The van der Waals surface area contributed by atoms with Crippen LogP contribution in [0.5, 0.6) is 5.75 Å². The predicted octanol–water partition coefficient (Wildman–Crippen LogP) is 2.35. The topological polar surface area (TPSA) is 55.8 Å². The molecule has 1 fully saturated rings. The number of hydrogen-bond donors (Lipinski definition) is 0. The Hall–Kier alpha value is -2.04. The van der Waals surface area contributed by atoms with Gasteiger partial charge in [0.1, 0.15) is 5.75 Å². The first kappa shape index (κ1) is 17.3. The first-order valence-corrected chi connectivity index (χ1v) is 8.13. The molecule has 2 rings (SSSR count). The number of aryl methyl sites for hydroxylation is 1. The van der Waals surface area contributed by atoms with Gasteiger partial charge in [0.2, 0.25) is 5.91 Å². The molecule has 0 aliphatic carbocycles. The third-order valence-corrected chi connectivity index (χ3v) is 4.17. The average Bonchev–Trinajstić information content (AvgIpc) is 2.55. The van der Waals surface area contributed by atoms with Crippen molar-refractivity contribution in [2.75, 3.05) is 26.8 Å². The maximum Gasteiger partial charge on any atom is 0.310 e. The van der Waals surface area contributed by atoms with E-state index >= 15 is 0 Å². The zero-order chi connectivity index (χ0) is 16.8. The molecule has 0 bridgehead atoms. The molecule has 1 amide bonds. The van der Waals surface area contributed by atoms with Crippen molar-refractivity contribution in [3.05, 3.63) is 29.3 Å². The summed E-state index contributed by atoms with van der Waals surface area (Å²) in [6.07, 6.45) is 1.91. The van der Waals surface area contributed by atoms with E-state index in [1.54, 1.807) is 18.9 Å². The van der Waals surface area contributed by atoms with Crippen molar-refractivity contribution in [2.24, 2.45) is 5.92 Å². The van der Waals surface area contributed by atoms with Gasteiger partial charge in [0.05, 0.1) is 26.1 Å². The minimum Gasteiger partial charge on any atom is -0.496 e. The lowest BCUT2D eigenvalue weighted by Gasteiger charge is -2.31. The van der Waals surface area contributed by atoms with E-state index in [1.807, 2.05) is 25.1 Å². The number of benzene rings is 1. The zero-order valence-corrected chi connectivity index (χ0v) is 14.1. The summed E-state index contributed by atoms with van der Waals surface area (Å²) in [6.45, 7) is 5.32. The molecule has 1 atom stereocenters. The number of piperidine rings is 1. The van der Waals surface area contributed by atoms with Crippen molar-refractivity contribution in [1.29, 1.82) is 0 Å². The van der Waals surface area contributed by atoms with Gasteiger partial charge >= 0.3 is 5.97 Å². The first-order chi connectivity index (χ1) is 11.0. The summed E-state index contributed by atoms with van der Waals surface area (Å²) < 4.78 is 10.4. The maximum atomic E-state index is 12.6. The summed E-state index contributed by atoms with van der Waals surface area (Å²) in [4.78, 5) is 26.3. The molecule has 5 heteroatoms. The number of carbonyl (C=O) groups excluding carboxylic acids is 2. The van der Waals surface area contributed by atoms with Crippen molar-refractivity contribution in [2.45, 2.75) is 33.1 Å². The monoisotopic (exact) mass is 319 g/mol. The van der Waals surface area contributed by atoms with Gasteiger partial charge in [-0.1, -0.05) is 17.7 Å². The summed E-state index contributed by atoms with van der Waals surface area (Å²) in [5.41, 5.74) is 1.98. The predicted molar refractivity (Wildman–Crippen MR) is 87.4 cm³/mol. The van der Waals surface area contributed by atoms with Gasteiger partial charge in [-0.15, -0.1) is 0 Å². The summed E-state index contributed by atoms with van der Waals surface area (Å²) in [5, 5.41) is 0. The van der Waals surface area contributed by atoms with Crippen LogP contribution in [0.2, 0.25) is 0 Å². The Bertz CT molecular complexity index is 570. The minimum atomic E-state index is -0.202. The van der Waals surface area contributed by atoms with E-state index in [0.29, 0.717) is 26.1 Å². The normalized spacial score (nSPS) is 17.7. The summed E-state index contributed by atoms with van der Waals surface area (Å²) in [5.74, 6) is 0.357. The highest BCUT2D eigenvalue weighted by Crippen LogP contribution is 2.23. The van der Waals surface area contributed by atoms with Crippen molar-refractivity contribution in [3.8, 4) is 5.75 Å². The number of carbonyl (C=O) groups is 2. The van der Waals surface area contributed by atoms with E-state index < -0.39 is 0 Å². The molecule has 1 saturated heterocycles. The molecule has 1 heterocycles. The number of likely N-dealkylation sites (tertiary alicyclic amines) is 1. The van der Waals surface area contributed by atoms with Crippen LogP contribution < -0.4 is 4.74 Å². The Morgan fingerprint density at radius 1 is 1.35 bits per heavy atom. The van der Waals surface area contributed by atoms with Crippen LogP contribution in [0.15, 0.2) is 18.2 Å². The lowest BCUT2D eigenvalue weighted by molar-refractivity contribution is -0.151. The highest BCUT2D eigenvalue weighted by molar-refractivity contribution is 5.81. The Kier molecular flexibility index (Phi) is 6.02. The fraction of sp³-hybridized carbons (Fsp3) is 0.556. The number of esters is 1. The van der Waals surface area contributed by atoms with E-state index in [1.165, 1.54) is 0 Å². The van der Waals surface area contributed by atoms with Gasteiger partial charge in [0.25, 0.3) is 0 Å². The molecule has 0 saturated carbocycles. The molecule has 23 heavy (non-hydrogen) atoms. The Labute approximate surface area is 137 Å². The molecular weight excluding hydrogens is 294 g/mol. The lowest BCUT2D eigenvalue weighted by Crippen LogP contribution is -2.43. The van der Waals surface area contributed by atoms with Gasteiger partial charge < -0.3 is 14.4 Å². The second-order valence-electron chi connectivity index (χ2n) is 5.92. The van der Waals surface area contributed by atoms with Crippen LogP contribution in [-0.2, 0) is 20.7 Å². The van der Waals surface area contributed by atoms with Crippen molar-refractivity contribution < 1.29 is 19.1 Å². The lowest BCUT2D eigenvalue weighted by atomic mass is 9.97.